The van der Waals surface area contributed by atoms with Crippen LogP contribution in [0, 0.1) is 5.92 Å². The highest BCUT2D eigenvalue weighted by atomic mass is 127. The van der Waals surface area contributed by atoms with Crippen LogP contribution in [0.15, 0.2) is 4.99 Å². The van der Waals surface area contributed by atoms with E-state index in [9.17, 15) is 4.79 Å². The summed E-state index contributed by atoms with van der Waals surface area (Å²) in [4.78, 5) is 17.6. The van der Waals surface area contributed by atoms with E-state index in [1.54, 1.807) is 19.0 Å². The molecule has 8 heteroatoms. The summed E-state index contributed by atoms with van der Waals surface area (Å²) < 4.78 is 10.9. The van der Waals surface area contributed by atoms with Gasteiger partial charge in [-0.05, 0) is 46.0 Å². The molecule has 148 valence electrons. The highest BCUT2D eigenvalue weighted by Gasteiger charge is 2.21. The zero-order valence-corrected chi connectivity index (χ0v) is 18.6. The van der Waals surface area contributed by atoms with Gasteiger partial charge in [0.15, 0.2) is 5.96 Å². The number of hydrogen-bond acceptors (Lipinski definition) is 4. The van der Waals surface area contributed by atoms with Crippen LogP contribution in [-0.4, -0.2) is 69.5 Å². The van der Waals surface area contributed by atoms with E-state index in [4.69, 9.17) is 9.47 Å². The number of guanidine groups is 1. The molecule has 0 bridgehead atoms. The Morgan fingerprint density at radius 3 is 2.44 bits per heavy atom. The van der Waals surface area contributed by atoms with Gasteiger partial charge in [0, 0.05) is 46.9 Å². The summed E-state index contributed by atoms with van der Waals surface area (Å²) in [6.07, 6.45) is 3.28. The molecule has 0 heterocycles. The van der Waals surface area contributed by atoms with E-state index in [2.05, 4.69) is 15.6 Å². The van der Waals surface area contributed by atoms with Crippen molar-refractivity contribution < 1.29 is 14.3 Å². The molecular formula is C17H35IN4O3. The third-order valence-corrected chi connectivity index (χ3v) is 3.48. The summed E-state index contributed by atoms with van der Waals surface area (Å²) in [6.45, 7) is 9.22. The van der Waals surface area contributed by atoms with Crippen molar-refractivity contribution in [2.75, 3.05) is 46.9 Å². The van der Waals surface area contributed by atoms with Crippen molar-refractivity contribution in [3.05, 3.63) is 0 Å². The molecule has 0 aliphatic heterocycles. The van der Waals surface area contributed by atoms with Gasteiger partial charge in [-0.25, -0.2) is 4.79 Å². The van der Waals surface area contributed by atoms with Crippen LogP contribution in [0.3, 0.4) is 0 Å². The number of carbonyl (C=O) groups is 1. The number of nitrogens with one attached hydrogen (secondary N) is 2. The standard InChI is InChI=1S/C17H34N4O3.HI/c1-17(2,3)24-16(22)21(5)11-10-20-15(18-4)19-9-6-12-23-13-14-7-8-14;/h14H,6-13H2,1-5H3,(H2,18,19,20);1H. The maximum Gasteiger partial charge on any atom is 0.410 e. The molecule has 25 heavy (non-hydrogen) atoms. The van der Waals surface area contributed by atoms with Gasteiger partial charge in [-0.1, -0.05) is 0 Å². The number of aliphatic imine (C=N–C) groups is 1. The quantitative estimate of drug-likeness (QED) is 0.234. The van der Waals surface area contributed by atoms with Crippen molar-refractivity contribution in [3.8, 4) is 0 Å². The molecule has 7 nitrogen and oxygen atoms in total. The van der Waals surface area contributed by atoms with Gasteiger partial charge in [0.25, 0.3) is 0 Å². The van der Waals surface area contributed by atoms with Crippen LogP contribution in [0.25, 0.3) is 0 Å². The monoisotopic (exact) mass is 470 g/mol. The molecule has 0 spiro atoms. The number of rotatable bonds is 9. The summed E-state index contributed by atoms with van der Waals surface area (Å²) in [5, 5.41) is 6.42. The van der Waals surface area contributed by atoms with Crippen LogP contribution in [-0.2, 0) is 9.47 Å². The molecule has 1 saturated carbocycles. The maximum absolute atomic E-state index is 11.8. The normalized spacial score (nSPS) is 14.5. The summed E-state index contributed by atoms with van der Waals surface area (Å²) in [6, 6.07) is 0. The first-order valence-electron chi connectivity index (χ1n) is 8.78. The van der Waals surface area contributed by atoms with Crippen LogP contribution < -0.4 is 10.6 Å². The average molecular weight is 470 g/mol. The predicted octanol–water partition coefficient (Wildman–Crippen LogP) is 2.45. The van der Waals surface area contributed by atoms with Gasteiger partial charge in [-0.3, -0.25) is 4.99 Å². The second-order valence-corrected chi connectivity index (χ2v) is 7.20. The van der Waals surface area contributed by atoms with E-state index in [0.717, 1.165) is 38.1 Å². The first-order chi connectivity index (χ1) is 11.3. The lowest BCUT2D eigenvalue weighted by atomic mass is 10.2. The minimum atomic E-state index is -0.474. The molecular weight excluding hydrogens is 435 g/mol. The average Bonchev–Trinajstić information content (AvgIpc) is 3.31. The van der Waals surface area contributed by atoms with Crippen molar-refractivity contribution in [2.45, 2.75) is 45.6 Å². The van der Waals surface area contributed by atoms with Crippen LogP contribution in [0.5, 0.6) is 0 Å². The van der Waals surface area contributed by atoms with E-state index in [-0.39, 0.29) is 30.1 Å². The number of likely N-dealkylation sites (N-methyl/N-ethyl adjacent to an activating group) is 1. The molecule has 0 radical (unpaired) electrons. The molecule has 1 rings (SSSR count). The summed E-state index contributed by atoms with van der Waals surface area (Å²) in [5.74, 6) is 1.55. The lowest BCUT2D eigenvalue weighted by Crippen LogP contribution is -2.43. The van der Waals surface area contributed by atoms with E-state index in [1.807, 2.05) is 20.8 Å². The smallest absolute Gasteiger partial charge is 0.410 e. The summed E-state index contributed by atoms with van der Waals surface area (Å²) in [7, 11) is 3.46. The van der Waals surface area contributed by atoms with Gasteiger partial charge in [-0.2, -0.15) is 0 Å². The number of ether oxygens (including phenoxy) is 2. The van der Waals surface area contributed by atoms with Crippen molar-refractivity contribution in [1.82, 2.24) is 15.5 Å². The SMILES string of the molecule is CN=C(NCCCOCC1CC1)NCCN(C)C(=O)OC(C)(C)C.I. The zero-order valence-electron chi connectivity index (χ0n) is 16.3. The number of carbonyl (C=O) groups excluding carboxylic acids is 1. The number of hydrogen-bond donors (Lipinski definition) is 2. The Bertz CT molecular complexity index is 409. The van der Waals surface area contributed by atoms with Crippen molar-refractivity contribution in [3.63, 3.8) is 0 Å². The number of nitrogens with zero attached hydrogens (tertiary/aromatic N) is 2. The second kappa shape index (κ2) is 12.6. The zero-order chi connectivity index (χ0) is 18.0. The third-order valence-electron chi connectivity index (χ3n) is 3.48. The Kier molecular flexibility index (Phi) is 12.2. The van der Waals surface area contributed by atoms with Gasteiger partial charge in [0.2, 0.25) is 0 Å². The second-order valence-electron chi connectivity index (χ2n) is 7.20. The van der Waals surface area contributed by atoms with Crippen LogP contribution >= 0.6 is 24.0 Å². The van der Waals surface area contributed by atoms with E-state index in [1.165, 1.54) is 12.8 Å². The fourth-order valence-electron chi connectivity index (χ4n) is 1.91. The minimum Gasteiger partial charge on any atom is -0.444 e. The van der Waals surface area contributed by atoms with E-state index >= 15 is 0 Å². The van der Waals surface area contributed by atoms with Gasteiger partial charge < -0.3 is 25.0 Å². The number of amides is 1. The highest BCUT2D eigenvalue weighted by molar-refractivity contribution is 14.0. The highest BCUT2D eigenvalue weighted by Crippen LogP contribution is 2.28. The first-order valence-corrected chi connectivity index (χ1v) is 8.78. The summed E-state index contributed by atoms with van der Waals surface area (Å²) in [5.41, 5.74) is -0.474. The molecule has 0 saturated heterocycles. The molecule has 1 fully saturated rings. The predicted molar refractivity (Wildman–Crippen MR) is 112 cm³/mol. The van der Waals surface area contributed by atoms with Crippen LogP contribution in [0.2, 0.25) is 0 Å². The molecule has 1 amide bonds. The molecule has 0 aromatic heterocycles. The third kappa shape index (κ3) is 13.1. The Balaban J connectivity index is 0.00000576. The molecule has 2 N–H and O–H groups in total. The Morgan fingerprint density at radius 1 is 1.24 bits per heavy atom. The molecule has 0 atom stereocenters. The van der Waals surface area contributed by atoms with E-state index in [0.29, 0.717) is 13.1 Å². The van der Waals surface area contributed by atoms with Gasteiger partial charge in [0.1, 0.15) is 5.60 Å². The first kappa shape index (κ1) is 24.2. The summed E-state index contributed by atoms with van der Waals surface area (Å²) >= 11 is 0. The Hall–Kier alpha value is -0.770. The molecule has 0 aromatic carbocycles. The van der Waals surface area contributed by atoms with Crippen LogP contribution in [0.1, 0.15) is 40.0 Å². The fraction of sp³-hybridized carbons (Fsp3) is 0.882. The van der Waals surface area contributed by atoms with Gasteiger partial charge >= 0.3 is 6.09 Å². The van der Waals surface area contributed by atoms with Gasteiger partial charge in [-0.15, -0.1) is 24.0 Å². The molecule has 0 aromatic rings. The lowest BCUT2D eigenvalue weighted by molar-refractivity contribution is 0.0302. The fourth-order valence-corrected chi connectivity index (χ4v) is 1.91. The van der Waals surface area contributed by atoms with Crippen molar-refractivity contribution >= 4 is 36.0 Å². The Morgan fingerprint density at radius 2 is 1.88 bits per heavy atom. The van der Waals surface area contributed by atoms with Crippen molar-refractivity contribution in [2.24, 2.45) is 10.9 Å². The van der Waals surface area contributed by atoms with Crippen molar-refractivity contribution in [1.29, 1.82) is 0 Å². The molecule has 1 aliphatic rings. The van der Waals surface area contributed by atoms with Gasteiger partial charge in [0.05, 0.1) is 0 Å². The Labute approximate surface area is 169 Å². The van der Waals surface area contributed by atoms with E-state index < -0.39 is 5.60 Å². The minimum absolute atomic E-state index is 0. The topological polar surface area (TPSA) is 75.2 Å². The van der Waals surface area contributed by atoms with Crippen LogP contribution in [0.4, 0.5) is 4.79 Å². The maximum atomic E-state index is 11.8. The number of halogens is 1. The lowest BCUT2D eigenvalue weighted by Gasteiger charge is -2.24. The molecule has 0 unspecified atom stereocenters. The molecule has 1 aliphatic carbocycles. The largest absolute Gasteiger partial charge is 0.444 e.